The molecule has 0 spiro atoms. The van der Waals surface area contributed by atoms with Crippen molar-refractivity contribution in [3.05, 3.63) is 41.7 Å². The molecule has 0 N–H and O–H groups in total. The van der Waals surface area contributed by atoms with Gasteiger partial charge in [0, 0.05) is 25.1 Å². The van der Waals surface area contributed by atoms with Crippen LogP contribution in [-0.4, -0.2) is 38.6 Å². The van der Waals surface area contributed by atoms with E-state index in [1.165, 1.54) is 4.90 Å². The molecule has 2 aromatic rings. The van der Waals surface area contributed by atoms with Crippen LogP contribution in [0.1, 0.15) is 45.4 Å². The van der Waals surface area contributed by atoms with Gasteiger partial charge in [-0.3, -0.25) is 14.5 Å². The zero-order valence-electron chi connectivity index (χ0n) is 15.6. The average Bonchev–Trinajstić information content (AvgIpc) is 3.25. The Balaban J connectivity index is 1.41. The minimum atomic E-state index is -0.162. The molecule has 0 aliphatic carbocycles. The van der Waals surface area contributed by atoms with E-state index in [-0.39, 0.29) is 11.1 Å². The normalized spacial score (nSPS) is 16.0. The summed E-state index contributed by atoms with van der Waals surface area (Å²) in [5, 5.41) is -0.162. The first-order chi connectivity index (χ1) is 13.2. The molecule has 1 aliphatic heterocycles. The number of aromatic nitrogens is 2. The number of ether oxygens (including phenoxy) is 1. The molecule has 144 valence electrons. The Morgan fingerprint density at radius 3 is 2.93 bits per heavy atom. The van der Waals surface area contributed by atoms with E-state index >= 15 is 0 Å². The number of allylic oxidation sites excluding steroid dienone is 1. The number of thioether (sulfide) groups is 1. The Bertz CT molecular complexity index is 831. The fraction of sp³-hybridized carbons (Fsp3) is 0.450. The Labute approximate surface area is 163 Å². The van der Waals surface area contributed by atoms with Gasteiger partial charge in [0.05, 0.1) is 11.5 Å². The van der Waals surface area contributed by atoms with Crippen LogP contribution in [0.2, 0.25) is 0 Å². The van der Waals surface area contributed by atoms with Crippen LogP contribution >= 0.6 is 11.8 Å². The third-order valence-electron chi connectivity index (χ3n) is 4.43. The molecule has 1 aliphatic rings. The average molecular weight is 388 g/mol. The number of carbonyl (C=O) groups is 2. The quantitative estimate of drug-likeness (QED) is 0.438. The number of unbranched alkanes of at least 4 members (excludes halogenated alkanes) is 4. The largest absolute Gasteiger partial charge is 0.490 e. The summed E-state index contributed by atoms with van der Waals surface area (Å²) in [6.07, 6.45) is 13.1. The molecular formula is C20H25N3O3S. The molecule has 0 bridgehead atoms. The third kappa shape index (κ3) is 4.91. The molecule has 2 aromatic heterocycles. The molecule has 3 rings (SSSR count). The van der Waals surface area contributed by atoms with Gasteiger partial charge in [0.15, 0.2) is 11.4 Å². The number of fused-ring (bicyclic) bond motifs is 1. The molecular weight excluding hydrogens is 362 g/mol. The highest BCUT2D eigenvalue weighted by molar-refractivity contribution is 8.18. The molecule has 0 aromatic carbocycles. The molecule has 1 saturated heterocycles. The smallest absolute Gasteiger partial charge is 0.293 e. The minimum absolute atomic E-state index is 0.149. The fourth-order valence-corrected chi connectivity index (χ4v) is 3.82. The molecule has 27 heavy (non-hydrogen) atoms. The van der Waals surface area contributed by atoms with Crippen molar-refractivity contribution < 1.29 is 14.3 Å². The Kier molecular flexibility index (Phi) is 6.92. The van der Waals surface area contributed by atoms with Crippen LogP contribution in [0.25, 0.3) is 5.65 Å². The van der Waals surface area contributed by atoms with Crippen LogP contribution in [-0.2, 0) is 4.79 Å². The van der Waals surface area contributed by atoms with E-state index in [2.05, 4.69) is 11.9 Å². The minimum Gasteiger partial charge on any atom is -0.490 e. The first kappa shape index (κ1) is 19.5. The first-order valence-corrected chi connectivity index (χ1v) is 10.3. The van der Waals surface area contributed by atoms with Gasteiger partial charge in [0.1, 0.15) is 0 Å². The van der Waals surface area contributed by atoms with Crippen molar-refractivity contribution in [2.24, 2.45) is 0 Å². The van der Waals surface area contributed by atoms with Gasteiger partial charge in [-0.1, -0.05) is 25.8 Å². The highest BCUT2D eigenvalue weighted by Gasteiger charge is 2.34. The maximum atomic E-state index is 12.4. The van der Waals surface area contributed by atoms with Gasteiger partial charge in [0.2, 0.25) is 0 Å². The molecule has 3 heterocycles. The summed E-state index contributed by atoms with van der Waals surface area (Å²) in [6.45, 7) is 3.11. The van der Waals surface area contributed by atoms with Gasteiger partial charge in [-0.25, -0.2) is 4.98 Å². The Hall–Kier alpha value is -2.28. The lowest BCUT2D eigenvalue weighted by Gasteiger charge is -2.12. The molecule has 0 unspecified atom stereocenters. The van der Waals surface area contributed by atoms with Crippen molar-refractivity contribution in [1.29, 1.82) is 0 Å². The SMILES string of the molecule is CCCCC/C=C1/SC(=O)N(CCCCOc2cccn3ccnc23)C1=O. The zero-order chi connectivity index (χ0) is 19.1. The van der Waals surface area contributed by atoms with Crippen molar-refractivity contribution in [1.82, 2.24) is 14.3 Å². The topological polar surface area (TPSA) is 63.9 Å². The summed E-state index contributed by atoms with van der Waals surface area (Å²) < 4.78 is 7.71. The lowest BCUT2D eigenvalue weighted by Crippen LogP contribution is -2.29. The lowest BCUT2D eigenvalue weighted by molar-refractivity contribution is -0.122. The second-order valence-electron chi connectivity index (χ2n) is 6.48. The monoisotopic (exact) mass is 387 g/mol. The molecule has 0 atom stereocenters. The predicted octanol–water partition coefficient (Wildman–Crippen LogP) is 4.65. The number of hydrogen-bond acceptors (Lipinski definition) is 5. The highest BCUT2D eigenvalue weighted by atomic mass is 32.2. The molecule has 0 saturated carbocycles. The van der Waals surface area contributed by atoms with E-state index in [1.54, 1.807) is 6.20 Å². The maximum Gasteiger partial charge on any atom is 0.293 e. The standard InChI is InChI=1S/C20H25N3O3S/c1-2-3-4-5-10-17-19(24)23(20(25)27-17)13-6-7-15-26-16-9-8-12-22-14-11-21-18(16)22/h8-12,14H,2-7,13,15H2,1H3/b17-10+. The van der Waals surface area contributed by atoms with Crippen molar-refractivity contribution in [2.75, 3.05) is 13.2 Å². The summed E-state index contributed by atoms with van der Waals surface area (Å²) in [7, 11) is 0. The number of hydrogen-bond donors (Lipinski definition) is 0. The van der Waals surface area contributed by atoms with Crippen molar-refractivity contribution in [3.63, 3.8) is 0 Å². The number of imide groups is 1. The second-order valence-corrected chi connectivity index (χ2v) is 7.47. The van der Waals surface area contributed by atoms with Crippen molar-refractivity contribution >= 4 is 28.6 Å². The summed E-state index contributed by atoms with van der Waals surface area (Å²) >= 11 is 1.06. The maximum absolute atomic E-state index is 12.4. The van der Waals surface area contributed by atoms with E-state index in [0.29, 0.717) is 18.1 Å². The lowest BCUT2D eigenvalue weighted by atomic mass is 10.2. The van der Waals surface area contributed by atoms with Gasteiger partial charge < -0.3 is 9.14 Å². The van der Waals surface area contributed by atoms with E-state index in [0.717, 1.165) is 61.7 Å². The predicted molar refractivity (Wildman–Crippen MR) is 107 cm³/mol. The number of pyridine rings is 1. The van der Waals surface area contributed by atoms with Gasteiger partial charge >= 0.3 is 0 Å². The second kappa shape index (κ2) is 9.60. The van der Waals surface area contributed by atoms with Crippen molar-refractivity contribution in [3.8, 4) is 5.75 Å². The number of imidazole rings is 1. The van der Waals surface area contributed by atoms with Gasteiger partial charge in [-0.05, 0) is 49.6 Å². The van der Waals surface area contributed by atoms with E-state index < -0.39 is 0 Å². The van der Waals surface area contributed by atoms with Gasteiger partial charge in [-0.2, -0.15) is 0 Å². The summed E-state index contributed by atoms with van der Waals surface area (Å²) in [5.74, 6) is 0.591. The van der Waals surface area contributed by atoms with Crippen LogP contribution in [0.5, 0.6) is 5.75 Å². The third-order valence-corrected chi connectivity index (χ3v) is 5.38. The van der Waals surface area contributed by atoms with Gasteiger partial charge in [-0.15, -0.1) is 0 Å². The first-order valence-electron chi connectivity index (χ1n) is 9.49. The van der Waals surface area contributed by atoms with E-state index in [1.807, 2.05) is 35.0 Å². The number of carbonyl (C=O) groups excluding carboxylic acids is 2. The van der Waals surface area contributed by atoms with Crippen LogP contribution in [0.4, 0.5) is 4.79 Å². The summed E-state index contributed by atoms with van der Waals surface area (Å²) in [6, 6.07) is 3.80. The van der Waals surface area contributed by atoms with Crippen molar-refractivity contribution in [2.45, 2.75) is 45.4 Å². The van der Waals surface area contributed by atoms with E-state index in [9.17, 15) is 9.59 Å². The number of nitrogens with zero attached hydrogens (tertiary/aromatic N) is 3. The Morgan fingerprint density at radius 2 is 2.07 bits per heavy atom. The van der Waals surface area contributed by atoms with Crippen LogP contribution in [0, 0.1) is 0 Å². The zero-order valence-corrected chi connectivity index (χ0v) is 16.4. The number of amides is 2. The Morgan fingerprint density at radius 1 is 1.19 bits per heavy atom. The molecule has 2 amide bonds. The number of rotatable bonds is 10. The summed E-state index contributed by atoms with van der Waals surface area (Å²) in [5.41, 5.74) is 0.789. The molecule has 1 fully saturated rings. The summed E-state index contributed by atoms with van der Waals surface area (Å²) in [4.78, 5) is 30.6. The van der Waals surface area contributed by atoms with Gasteiger partial charge in [0.25, 0.3) is 11.1 Å². The molecule has 6 nitrogen and oxygen atoms in total. The highest BCUT2D eigenvalue weighted by Crippen LogP contribution is 2.31. The van der Waals surface area contributed by atoms with Crippen LogP contribution < -0.4 is 4.74 Å². The van der Waals surface area contributed by atoms with E-state index in [4.69, 9.17) is 4.74 Å². The molecule has 7 heteroatoms. The molecule has 0 radical (unpaired) electrons. The van der Waals surface area contributed by atoms with Crippen LogP contribution in [0.3, 0.4) is 0 Å². The van der Waals surface area contributed by atoms with Crippen LogP contribution in [0.15, 0.2) is 41.7 Å². The fourth-order valence-electron chi connectivity index (χ4n) is 2.95.